The summed E-state index contributed by atoms with van der Waals surface area (Å²) < 4.78 is 0. The zero-order chi connectivity index (χ0) is 17.6. The smallest absolute Gasteiger partial charge is 0.250 e. The van der Waals surface area contributed by atoms with Crippen molar-refractivity contribution in [3.05, 3.63) is 71.2 Å². The molecule has 5 heteroatoms. The van der Waals surface area contributed by atoms with Gasteiger partial charge in [-0.05, 0) is 35.3 Å². The maximum absolute atomic E-state index is 12.1. The predicted molar refractivity (Wildman–Crippen MR) is 104 cm³/mol. The molecule has 25 heavy (non-hydrogen) atoms. The third-order valence-electron chi connectivity index (χ3n) is 3.69. The molecule has 0 saturated heterocycles. The van der Waals surface area contributed by atoms with Gasteiger partial charge in [0.05, 0.1) is 5.69 Å². The fraction of sp³-hybridized carbons (Fsp3) is 0.150. The molecule has 2 heterocycles. The van der Waals surface area contributed by atoms with Crippen molar-refractivity contribution < 1.29 is 4.79 Å². The highest BCUT2D eigenvalue weighted by atomic mass is 32.1. The van der Waals surface area contributed by atoms with E-state index in [2.05, 4.69) is 41.3 Å². The highest BCUT2D eigenvalue weighted by Gasteiger charge is 2.07. The van der Waals surface area contributed by atoms with Gasteiger partial charge in [0.25, 0.3) is 0 Å². The lowest BCUT2D eigenvalue weighted by Crippen LogP contribution is -2.07. The number of rotatable bonds is 5. The van der Waals surface area contributed by atoms with E-state index >= 15 is 0 Å². The Labute approximate surface area is 151 Å². The van der Waals surface area contributed by atoms with Crippen molar-refractivity contribution in [2.75, 3.05) is 5.32 Å². The molecule has 3 rings (SSSR count). The number of benzene rings is 1. The van der Waals surface area contributed by atoms with Crippen molar-refractivity contribution in [3.8, 4) is 11.4 Å². The Morgan fingerprint density at radius 2 is 1.92 bits per heavy atom. The van der Waals surface area contributed by atoms with E-state index in [0.717, 1.165) is 17.0 Å². The molecule has 0 fully saturated rings. The molecule has 126 valence electrons. The fourth-order valence-electron chi connectivity index (χ4n) is 2.27. The number of carbonyl (C=O) groups excluding carboxylic acids is 1. The quantitative estimate of drug-likeness (QED) is 0.661. The van der Waals surface area contributed by atoms with Crippen molar-refractivity contribution in [2.24, 2.45) is 0 Å². The molecule has 0 bridgehead atoms. The van der Waals surface area contributed by atoms with Gasteiger partial charge in [-0.25, -0.2) is 4.98 Å². The molecule has 0 aliphatic heterocycles. The number of carbonyl (C=O) groups is 1. The zero-order valence-electron chi connectivity index (χ0n) is 14.1. The number of anilines is 1. The van der Waals surface area contributed by atoms with Crippen LogP contribution in [0.15, 0.2) is 60.1 Å². The second kappa shape index (κ2) is 7.85. The van der Waals surface area contributed by atoms with E-state index in [1.54, 1.807) is 12.3 Å². The molecule has 1 amide bonds. The molecule has 4 nitrogen and oxygen atoms in total. The first-order chi connectivity index (χ1) is 12.1. The van der Waals surface area contributed by atoms with Crippen LogP contribution in [0, 0.1) is 0 Å². The minimum atomic E-state index is -0.199. The van der Waals surface area contributed by atoms with E-state index in [4.69, 9.17) is 0 Å². The molecule has 0 aliphatic carbocycles. The second-order valence-corrected chi connectivity index (χ2v) is 6.75. The van der Waals surface area contributed by atoms with Gasteiger partial charge >= 0.3 is 0 Å². The Bertz CT molecular complexity index is 867. The van der Waals surface area contributed by atoms with Gasteiger partial charge in [-0.1, -0.05) is 44.2 Å². The first-order valence-electron chi connectivity index (χ1n) is 8.08. The van der Waals surface area contributed by atoms with Crippen LogP contribution in [-0.2, 0) is 4.79 Å². The van der Waals surface area contributed by atoms with Crippen LogP contribution >= 0.6 is 11.3 Å². The van der Waals surface area contributed by atoms with Crippen LogP contribution in [0.3, 0.4) is 0 Å². The Hall–Kier alpha value is -2.79. The lowest BCUT2D eigenvalue weighted by atomic mass is 10.0. The molecule has 0 aliphatic rings. The van der Waals surface area contributed by atoms with Gasteiger partial charge in [0, 0.05) is 17.7 Å². The largest absolute Gasteiger partial charge is 0.298 e. The van der Waals surface area contributed by atoms with Crippen LogP contribution < -0.4 is 5.32 Å². The summed E-state index contributed by atoms with van der Waals surface area (Å²) >= 11 is 1.38. The minimum Gasteiger partial charge on any atom is -0.298 e. The van der Waals surface area contributed by atoms with Crippen LogP contribution in [0.25, 0.3) is 17.5 Å². The lowest BCUT2D eigenvalue weighted by Gasteiger charge is -2.04. The fourth-order valence-corrected chi connectivity index (χ4v) is 2.98. The lowest BCUT2D eigenvalue weighted by molar-refractivity contribution is -0.111. The van der Waals surface area contributed by atoms with E-state index in [-0.39, 0.29) is 5.91 Å². The Kier molecular flexibility index (Phi) is 5.36. The minimum absolute atomic E-state index is 0.199. The number of nitrogens with one attached hydrogen (secondary N) is 1. The molecule has 0 radical (unpaired) electrons. The van der Waals surface area contributed by atoms with Crippen LogP contribution in [-0.4, -0.2) is 15.9 Å². The Morgan fingerprint density at radius 1 is 1.12 bits per heavy atom. The Balaban J connectivity index is 1.62. The highest BCUT2D eigenvalue weighted by Crippen LogP contribution is 2.23. The molecule has 0 atom stereocenters. The van der Waals surface area contributed by atoms with Crippen LogP contribution in [0.5, 0.6) is 0 Å². The van der Waals surface area contributed by atoms with Gasteiger partial charge in [-0.3, -0.25) is 15.1 Å². The van der Waals surface area contributed by atoms with Gasteiger partial charge in [0.2, 0.25) is 5.91 Å². The Morgan fingerprint density at radius 3 is 2.60 bits per heavy atom. The number of hydrogen-bond donors (Lipinski definition) is 1. The molecular weight excluding hydrogens is 330 g/mol. The third kappa shape index (κ3) is 4.61. The topological polar surface area (TPSA) is 54.9 Å². The summed E-state index contributed by atoms with van der Waals surface area (Å²) in [5.74, 6) is 0.300. The van der Waals surface area contributed by atoms with Crippen molar-refractivity contribution in [3.63, 3.8) is 0 Å². The van der Waals surface area contributed by atoms with E-state index in [1.807, 2.05) is 35.7 Å². The number of thiazole rings is 1. The SMILES string of the molecule is CC(C)c1ccc(/C=C/C(=O)Nc2nc(-c3ccccn3)cs2)cc1. The molecule has 2 aromatic heterocycles. The summed E-state index contributed by atoms with van der Waals surface area (Å²) in [5.41, 5.74) is 3.83. The molecule has 3 aromatic rings. The first-order valence-corrected chi connectivity index (χ1v) is 8.96. The maximum atomic E-state index is 12.1. The normalized spacial score (nSPS) is 11.2. The molecule has 0 spiro atoms. The van der Waals surface area contributed by atoms with Crippen molar-refractivity contribution >= 4 is 28.5 Å². The summed E-state index contributed by atoms with van der Waals surface area (Å²) in [7, 11) is 0. The van der Waals surface area contributed by atoms with Crippen molar-refractivity contribution in [2.45, 2.75) is 19.8 Å². The van der Waals surface area contributed by atoms with E-state index in [1.165, 1.54) is 23.0 Å². The van der Waals surface area contributed by atoms with Gasteiger partial charge in [0.1, 0.15) is 5.69 Å². The van der Waals surface area contributed by atoms with Crippen LogP contribution in [0.2, 0.25) is 0 Å². The zero-order valence-corrected chi connectivity index (χ0v) is 15.0. The highest BCUT2D eigenvalue weighted by molar-refractivity contribution is 7.14. The van der Waals surface area contributed by atoms with Crippen LogP contribution in [0.1, 0.15) is 30.9 Å². The standard InChI is InChI=1S/C20H19N3OS/c1-14(2)16-9-6-15(7-10-16)8-11-19(24)23-20-22-18(13-25-20)17-5-3-4-12-21-17/h3-14H,1-2H3,(H,22,23,24)/b11-8+. The predicted octanol–water partition coefficient (Wildman–Crippen LogP) is 4.98. The molecule has 1 aromatic carbocycles. The number of nitrogens with zero attached hydrogens (tertiary/aromatic N) is 2. The van der Waals surface area contributed by atoms with Gasteiger partial charge in [-0.2, -0.15) is 0 Å². The van der Waals surface area contributed by atoms with E-state index < -0.39 is 0 Å². The number of amides is 1. The summed E-state index contributed by atoms with van der Waals surface area (Å²) in [6.07, 6.45) is 5.04. The average Bonchev–Trinajstić information content (AvgIpc) is 3.09. The molecule has 0 unspecified atom stereocenters. The summed E-state index contributed by atoms with van der Waals surface area (Å²) in [5, 5.41) is 5.23. The number of aromatic nitrogens is 2. The van der Waals surface area contributed by atoms with Crippen molar-refractivity contribution in [1.82, 2.24) is 9.97 Å². The van der Waals surface area contributed by atoms with Gasteiger partial charge < -0.3 is 0 Å². The van der Waals surface area contributed by atoms with Gasteiger partial charge in [0.15, 0.2) is 5.13 Å². The number of pyridine rings is 1. The van der Waals surface area contributed by atoms with E-state index in [0.29, 0.717) is 11.0 Å². The molecular formula is C20H19N3OS. The van der Waals surface area contributed by atoms with Crippen LogP contribution in [0.4, 0.5) is 5.13 Å². The van der Waals surface area contributed by atoms with Crippen molar-refractivity contribution in [1.29, 1.82) is 0 Å². The number of hydrogen-bond acceptors (Lipinski definition) is 4. The molecule has 1 N–H and O–H groups in total. The first kappa shape index (κ1) is 17.0. The summed E-state index contributed by atoms with van der Waals surface area (Å²) in [4.78, 5) is 20.7. The maximum Gasteiger partial charge on any atom is 0.250 e. The second-order valence-electron chi connectivity index (χ2n) is 5.90. The van der Waals surface area contributed by atoms with E-state index in [9.17, 15) is 4.79 Å². The average molecular weight is 349 g/mol. The monoisotopic (exact) mass is 349 g/mol. The molecule has 0 saturated carbocycles. The van der Waals surface area contributed by atoms with Gasteiger partial charge in [-0.15, -0.1) is 11.3 Å². The third-order valence-corrected chi connectivity index (χ3v) is 4.45. The summed E-state index contributed by atoms with van der Waals surface area (Å²) in [6, 6.07) is 13.9. The summed E-state index contributed by atoms with van der Waals surface area (Å²) in [6.45, 7) is 4.32.